The minimum absolute atomic E-state index is 0.203. The van der Waals surface area contributed by atoms with E-state index in [2.05, 4.69) is 11.9 Å². The van der Waals surface area contributed by atoms with E-state index in [0.717, 1.165) is 0 Å². The van der Waals surface area contributed by atoms with Gasteiger partial charge in [0, 0.05) is 13.8 Å². The van der Waals surface area contributed by atoms with Gasteiger partial charge in [-0.15, -0.1) is 6.58 Å². The molecule has 20 heavy (non-hydrogen) atoms. The highest BCUT2D eigenvalue weighted by Gasteiger charge is 2.54. The summed E-state index contributed by atoms with van der Waals surface area (Å²) in [7, 11) is 0. The van der Waals surface area contributed by atoms with Crippen molar-refractivity contribution >= 4 is 11.9 Å². The Balaban J connectivity index is 2.06. The Kier molecular flexibility index (Phi) is 4.74. The van der Waals surface area contributed by atoms with E-state index in [1.165, 1.54) is 13.8 Å². The third-order valence-corrected chi connectivity index (χ3v) is 3.15. The van der Waals surface area contributed by atoms with Gasteiger partial charge in [-0.1, -0.05) is 6.08 Å². The summed E-state index contributed by atoms with van der Waals surface area (Å²) in [4.78, 5) is 22.3. The summed E-state index contributed by atoms with van der Waals surface area (Å²) < 4.78 is 22.0. The number of hydrogen-bond acceptors (Lipinski definition) is 6. The lowest BCUT2D eigenvalue weighted by molar-refractivity contribution is -0.171. The maximum Gasteiger partial charge on any atom is 0.303 e. The second-order valence-corrected chi connectivity index (χ2v) is 4.76. The van der Waals surface area contributed by atoms with E-state index in [9.17, 15) is 9.59 Å². The molecule has 2 aliphatic rings. The zero-order valence-electron chi connectivity index (χ0n) is 11.5. The smallest absolute Gasteiger partial charge is 0.303 e. The van der Waals surface area contributed by atoms with Gasteiger partial charge in [0.1, 0.15) is 18.2 Å². The molecule has 2 fully saturated rings. The van der Waals surface area contributed by atoms with Crippen LogP contribution >= 0.6 is 0 Å². The molecule has 1 N–H and O–H groups in total. The number of rotatable bonds is 5. The molecule has 0 aromatic rings. The third-order valence-electron chi connectivity index (χ3n) is 3.15. The fourth-order valence-electron chi connectivity index (χ4n) is 2.48. The summed E-state index contributed by atoms with van der Waals surface area (Å²) in [6, 6.07) is -0.432. The molecular weight excluding hydrogens is 266 g/mol. The van der Waals surface area contributed by atoms with Crippen molar-refractivity contribution in [2.24, 2.45) is 0 Å². The van der Waals surface area contributed by atoms with Crippen LogP contribution in [-0.4, -0.2) is 55.7 Å². The Hall–Kier alpha value is -1.44. The van der Waals surface area contributed by atoms with E-state index >= 15 is 0 Å². The van der Waals surface area contributed by atoms with Crippen LogP contribution in [0.15, 0.2) is 12.7 Å². The summed E-state index contributed by atoms with van der Waals surface area (Å²) >= 11 is 0. The summed E-state index contributed by atoms with van der Waals surface area (Å²) in [6.07, 6.45) is -0.368. The first kappa shape index (κ1) is 15.0. The Morgan fingerprint density at radius 1 is 1.40 bits per heavy atom. The number of carbonyl (C=O) groups is 2. The normalized spacial score (nSPS) is 35.4. The van der Waals surface area contributed by atoms with Crippen LogP contribution < -0.4 is 5.32 Å². The van der Waals surface area contributed by atoms with Gasteiger partial charge in [-0.2, -0.15) is 0 Å². The molecule has 0 unspecified atom stereocenters. The molecule has 0 saturated carbocycles. The summed E-state index contributed by atoms with van der Waals surface area (Å²) in [5, 5.41) is 2.76. The van der Waals surface area contributed by atoms with Crippen LogP contribution in [0.4, 0.5) is 0 Å². The first-order valence-electron chi connectivity index (χ1n) is 6.46. The monoisotopic (exact) mass is 285 g/mol. The predicted molar refractivity (Wildman–Crippen MR) is 67.7 cm³/mol. The molecule has 7 heteroatoms. The molecule has 0 spiro atoms. The standard InChI is InChI=1S/C13H19NO6/c1-4-5-17-13-10(14-7(2)15)12-11(20-13)9(6-18-12)19-8(3)16/h4,9-13H,1,5-6H2,2-3H3,(H,14,15)/t9-,10-,11-,12-,13-/m1/s1. The van der Waals surface area contributed by atoms with E-state index in [1.807, 2.05) is 0 Å². The van der Waals surface area contributed by atoms with Crippen molar-refractivity contribution in [3.8, 4) is 0 Å². The van der Waals surface area contributed by atoms with Gasteiger partial charge in [0.05, 0.1) is 13.2 Å². The topological polar surface area (TPSA) is 83.1 Å². The zero-order chi connectivity index (χ0) is 14.7. The lowest BCUT2D eigenvalue weighted by Crippen LogP contribution is -2.47. The summed E-state index contributed by atoms with van der Waals surface area (Å²) in [5.41, 5.74) is 0. The van der Waals surface area contributed by atoms with Gasteiger partial charge in [-0.25, -0.2) is 0 Å². The molecule has 112 valence electrons. The quantitative estimate of drug-likeness (QED) is 0.554. The van der Waals surface area contributed by atoms with Crippen LogP contribution in [0.1, 0.15) is 13.8 Å². The number of hydrogen-bond donors (Lipinski definition) is 1. The first-order valence-corrected chi connectivity index (χ1v) is 6.46. The average molecular weight is 285 g/mol. The molecule has 2 aliphatic heterocycles. The fraction of sp³-hybridized carbons (Fsp3) is 0.692. The van der Waals surface area contributed by atoms with Crippen LogP contribution in [0, 0.1) is 0 Å². The van der Waals surface area contributed by atoms with Gasteiger partial charge < -0.3 is 24.3 Å². The Labute approximate surface area is 117 Å². The number of amides is 1. The molecule has 2 rings (SSSR count). The molecule has 2 saturated heterocycles. The van der Waals surface area contributed by atoms with Crippen LogP contribution in [-0.2, 0) is 28.5 Å². The molecule has 0 aromatic carbocycles. The van der Waals surface area contributed by atoms with E-state index in [1.54, 1.807) is 6.08 Å². The molecule has 0 aliphatic carbocycles. The second kappa shape index (κ2) is 6.34. The van der Waals surface area contributed by atoms with Gasteiger partial charge in [0.25, 0.3) is 0 Å². The van der Waals surface area contributed by atoms with E-state index in [-0.39, 0.29) is 12.5 Å². The van der Waals surface area contributed by atoms with Crippen molar-refractivity contribution in [1.82, 2.24) is 5.32 Å². The third kappa shape index (κ3) is 3.17. The average Bonchev–Trinajstić information content (AvgIpc) is 2.88. The second-order valence-electron chi connectivity index (χ2n) is 4.76. The van der Waals surface area contributed by atoms with Gasteiger partial charge in [-0.3, -0.25) is 9.59 Å². The van der Waals surface area contributed by atoms with Crippen LogP contribution in [0.3, 0.4) is 0 Å². The summed E-state index contributed by atoms with van der Waals surface area (Å²) in [5.74, 6) is -0.597. The number of esters is 1. The van der Waals surface area contributed by atoms with E-state index in [4.69, 9.17) is 18.9 Å². The highest BCUT2D eigenvalue weighted by Crippen LogP contribution is 2.33. The van der Waals surface area contributed by atoms with Crippen LogP contribution in [0.2, 0.25) is 0 Å². The van der Waals surface area contributed by atoms with Crippen molar-refractivity contribution in [3.63, 3.8) is 0 Å². The maximum atomic E-state index is 11.3. The predicted octanol–water partition coefficient (Wildman–Crippen LogP) is -0.251. The van der Waals surface area contributed by atoms with Gasteiger partial charge >= 0.3 is 5.97 Å². The molecular formula is C13H19NO6. The van der Waals surface area contributed by atoms with Gasteiger partial charge in [-0.05, 0) is 0 Å². The minimum atomic E-state index is -0.648. The van der Waals surface area contributed by atoms with Gasteiger partial charge in [0.2, 0.25) is 5.91 Å². The zero-order valence-corrected chi connectivity index (χ0v) is 11.5. The number of nitrogens with one attached hydrogen (secondary N) is 1. The number of carbonyl (C=O) groups excluding carboxylic acids is 2. The Morgan fingerprint density at radius 3 is 2.75 bits per heavy atom. The SMILES string of the molecule is C=CCO[C@@H]1O[C@H]2[C@H](OC[C@H]2OC(C)=O)[C@H]1NC(C)=O. The largest absolute Gasteiger partial charge is 0.457 e. The number of fused-ring (bicyclic) bond motifs is 1. The molecule has 0 bridgehead atoms. The Bertz CT molecular complexity index is 398. The van der Waals surface area contributed by atoms with E-state index < -0.39 is 36.6 Å². The van der Waals surface area contributed by atoms with Crippen molar-refractivity contribution < 1.29 is 28.5 Å². The minimum Gasteiger partial charge on any atom is -0.457 e. The highest BCUT2D eigenvalue weighted by atomic mass is 16.7. The lowest BCUT2D eigenvalue weighted by Gasteiger charge is -2.22. The van der Waals surface area contributed by atoms with Crippen LogP contribution in [0.25, 0.3) is 0 Å². The molecule has 0 radical (unpaired) electrons. The van der Waals surface area contributed by atoms with Crippen molar-refractivity contribution in [1.29, 1.82) is 0 Å². The lowest BCUT2D eigenvalue weighted by atomic mass is 10.1. The van der Waals surface area contributed by atoms with Crippen molar-refractivity contribution in [2.75, 3.05) is 13.2 Å². The van der Waals surface area contributed by atoms with Crippen molar-refractivity contribution in [3.05, 3.63) is 12.7 Å². The number of ether oxygens (including phenoxy) is 4. The maximum absolute atomic E-state index is 11.3. The van der Waals surface area contributed by atoms with E-state index in [0.29, 0.717) is 6.61 Å². The molecule has 0 aromatic heterocycles. The van der Waals surface area contributed by atoms with Gasteiger partial charge in [0.15, 0.2) is 12.4 Å². The fourth-order valence-corrected chi connectivity index (χ4v) is 2.48. The van der Waals surface area contributed by atoms with Crippen LogP contribution in [0.5, 0.6) is 0 Å². The molecule has 7 nitrogen and oxygen atoms in total. The van der Waals surface area contributed by atoms with Crippen molar-refractivity contribution in [2.45, 2.75) is 44.5 Å². The highest BCUT2D eigenvalue weighted by molar-refractivity contribution is 5.73. The first-order chi connectivity index (χ1) is 9.52. The molecule has 2 heterocycles. The molecule has 5 atom stereocenters. The summed E-state index contributed by atoms with van der Waals surface area (Å²) in [6.45, 7) is 6.85. The Morgan fingerprint density at radius 2 is 2.15 bits per heavy atom. The molecule has 1 amide bonds.